The minimum Gasteiger partial charge on any atom is -0.0991 e. The van der Waals surface area contributed by atoms with Crippen LogP contribution < -0.4 is 0 Å². The monoisotopic (exact) mass is 236 g/mol. The summed E-state index contributed by atoms with van der Waals surface area (Å²) in [5.41, 5.74) is 3.34. The van der Waals surface area contributed by atoms with Gasteiger partial charge in [0.2, 0.25) is 0 Å². The van der Waals surface area contributed by atoms with E-state index >= 15 is 0 Å². The quantitative estimate of drug-likeness (QED) is 0.505. The van der Waals surface area contributed by atoms with E-state index in [0.29, 0.717) is 0 Å². The van der Waals surface area contributed by atoms with E-state index in [2.05, 4.69) is 39.5 Å². The third-order valence-corrected chi connectivity index (χ3v) is 2.18. The molecule has 0 aliphatic carbocycles. The second-order valence-corrected chi connectivity index (χ2v) is 3.62. The Morgan fingerprint density at radius 1 is 0.500 bits per heavy atom. The molecule has 0 unspecified atom stereocenters. The van der Waals surface area contributed by atoms with Gasteiger partial charge in [-0.1, -0.05) is 88.1 Å². The Balaban J connectivity index is 4.56. The van der Waals surface area contributed by atoms with Crippen LogP contribution in [0.3, 0.4) is 0 Å². The van der Waals surface area contributed by atoms with Gasteiger partial charge in [0.05, 0.1) is 0 Å². The van der Waals surface area contributed by atoms with Gasteiger partial charge in [0, 0.05) is 0 Å². The largest absolute Gasteiger partial charge is 0.0991 e. The van der Waals surface area contributed by atoms with Gasteiger partial charge in [-0.05, 0) is 22.3 Å². The molecule has 92 valence electrons. The van der Waals surface area contributed by atoms with E-state index in [-0.39, 0.29) is 0 Å². The van der Waals surface area contributed by atoms with Crippen LogP contribution in [0.25, 0.3) is 0 Å². The second-order valence-electron chi connectivity index (χ2n) is 3.62. The van der Waals surface area contributed by atoms with E-state index in [0.717, 1.165) is 22.3 Å². The highest BCUT2D eigenvalue weighted by Gasteiger charge is 1.94. The Labute approximate surface area is 111 Å². The minimum atomic E-state index is 0.828. The first-order valence-corrected chi connectivity index (χ1v) is 5.55. The van der Waals surface area contributed by atoms with E-state index in [4.69, 9.17) is 0 Å². The zero-order valence-corrected chi connectivity index (χ0v) is 10.9. The van der Waals surface area contributed by atoms with Gasteiger partial charge in [0.25, 0.3) is 0 Å². The summed E-state index contributed by atoms with van der Waals surface area (Å²) < 4.78 is 0. The van der Waals surface area contributed by atoms with Gasteiger partial charge in [-0.25, -0.2) is 0 Å². The van der Waals surface area contributed by atoms with E-state index in [1.54, 1.807) is 12.2 Å². The smallest absolute Gasteiger partial charge is 0.0262 e. The summed E-state index contributed by atoms with van der Waals surface area (Å²) in [6.45, 7) is 22.8. The van der Waals surface area contributed by atoms with Gasteiger partial charge >= 0.3 is 0 Å². The summed E-state index contributed by atoms with van der Waals surface area (Å²) in [5, 5.41) is 0. The summed E-state index contributed by atoms with van der Waals surface area (Å²) in [6.07, 6.45) is 14.5. The van der Waals surface area contributed by atoms with Crippen molar-refractivity contribution < 1.29 is 0 Å². The second kappa shape index (κ2) is 8.77. The Morgan fingerprint density at radius 3 is 1.06 bits per heavy atom. The average molecular weight is 236 g/mol. The Bertz CT molecular complexity index is 418. The van der Waals surface area contributed by atoms with Gasteiger partial charge in [-0.3, -0.25) is 0 Å². The summed E-state index contributed by atoms with van der Waals surface area (Å²) in [6, 6.07) is 0. The molecule has 0 fully saturated rings. The van der Waals surface area contributed by atoms with Crippen LogP contribution >= 0.6 is 0 Å². The molecule has 0 aromatic carbocycles. The molecule has 0 heterocycles. The molecule has 0 spiro atoms. The summed E-state index contributed by atoms with van der Waals surface area (Å²) in [7, 11) is 0. The molecule has 0 aromatic heterocycles. The molecule has 0 bridgehead atoms. The van der Waals surface area contributed by atoms with Crippen LogP contribution in [0, 0.1) is 0 Å². The van der Waals surface area contributed by atoms with Crippen molar-refractivity contribution in [2.45, 2.75) is 0 Å². The maximum Gasteiger partial charge on any atom is -0.0262 e. The first-order chi connectivity index (χ1) is 8.52. The van der Waals surface area contributed by atoms with Crippen LogP contribution in [0.15, 0.2) is 110 Å². The van der Waals surface area contributed by atoms with Crippen molar-refractivity contribution in [2.75, 3.05) is 0 Å². The highest BCUT2D eigenvalue weighted by atomic mass is 14.0. The molecule has 0 N–H and O–H groups in total. The molecule has 0 nitrogen and oxygen atoms in total. The lowest BCUT2D eigenvalue weighted by Gasteiger charge is -2.01. The summed E-state index contributed by atoms with van der Waals surface area (Å²) >= 11 is 0. The molecule has 0 heteroatoms. The lowest BCUT2D eigenvalue weighted by atomic mass is 10.0. The number of hydrogen-bond donors (Lipinski definition) is 0. The standard InChI is InChI=1S/C18H20/c1-7-9-11-15(3)17(5)13-14-18(6)16(4)12-10-8-2/h7-14H,1-6H2/b11-9-,12-10-,14-13-. The highest BCUT2D eigenvalue weighted by Crippen LogP contribution is 2.13. The third kappa shape index (κ3) is 6.29. The number of allylic oxidation sites excluding steroid dienone is 12. The Morgan fingerprint density at radius 2 is 0.778 bits per heavy atom. The third-order valence-electron chi connectivity index (χ3n) is 2.18. The minimum absolute atomic E-state index is 0.828. The van der Waals surface area contributed by atoms with Crippen LogP contribution in [0.1, 0.15) is 0 Å². The molecular formula is C18H20. The predicted octanol–water partition coefficient (Wildman–Crippen LogP) is 5.25. The van der Waals surface area contributed by atoms with E-state index < -0.39 is 0 Å². The molecule has 0 radical (unpaired) electrons. The van der Waals surface area contributed by atoms with Crippen molar-refractivity contribution in [3.8, 4) is 0 Å². The molecule has 0 amide bonds. The fraction of sp³-hybridized carbons (Fsp3) is 0. The predicted molar refractivity (Wildman–Crippen MR) is 84.4 cm³/mol. The van der Waals surface area contributed by atoms with Gasteiger partial charge in [0.1, 0.15) is 0 Å². The van der Waals surface area contributed by atoms with Gasteiger partial charge in [-0.2, -0.15) is 0 Å². The molecule has 0 aromatic rings. The SMILES string of the molecule is C=C/C=C\C(=C)C(=C)/C=C\C(=C)C(=C)/C=C\C=C. The lowest BCUT2D eigenvalue weighted by Crippen LogP contribution is -1.81. The van der Waals surface area contributed by atoms with Crippen LogP contribution in [0.5, 0.6) is 0 Å². The average Bonchev–Trinajstić information content (AvgIpc) is 2.38. The molecule has 0 saturated carbocycles. The molecule has 0 aliphatic heterocycles. The van der Waals surface area contributed by atoms with Crippen molar-refractivity contribution in [3.05, 3.63) is 110 Å². The van der Waals surface area contributed by atoms with Crippen LogP contribution in [0.2, 0.25) is 0 Å². The van der Waals surface area contributed by atoms with Crippen LogP contribution in [-0.4, -0.2) is 0 Å². The highest BCUT2D eigenvalue weighted by molar-refractivity contribution is 5.49. The van der Waals surface area contributed by atoms with Gasteiger partial charge in [0.15, 0.2) is 0 Å². The first-order valence-electron chi connectivity index (χ1n) is 5.55. The van der Waals surface area contributed by atoms with E-state index in [1.807, 2.05) is 36.5 Å². The van der Waals surface area contributed by atoms with Crippen molar-refractivity contribution >= 4 is 0 Å². The fourth-order valence-electron chi connectivity index (χ4n) is 0.998. The van der Waals surface area contributed by atoms with E-state index in [9.17, 15) is 0 Å². The molecule has 18 heavy (non-hydrogen) atoms. The van der Waals surface area contributed by atoms with Crippen LogP contribution in [0.4, 0.5) is 0 Å². The zero-order valence-electron chi connectivity index (χ0n) is 10.9. The van der Waals surface area contributed by atoms with Crippen molar-refractivity contribution in [1.29, 1.82) is 0 Å². The maximum absolute atomic E-state index is 3.92. The Hall–Kier alpha value is -2.34. The lowest BCUT2D eigenvalue weighted by molar-refractivity contribution is 1.55. The topological polar surface area (TPSA) is 0 Å². The van der Waals surface area contributed by atoms with Crippen molar-refractivity contribution in [3.63, 3.8) is 0 Å². The summed E-state index contributed by atoms with van der Waals surface area (Å²) in [4.78, 5) is 0. The summed E-state index contributed by atoms with van der Waals surface area (Å²) in [5.74, 6) is 0. The maximum atomic E-state index is 3.92. The van der Waals surface area contributed by atoms with Crippen molar-refractivity contribution in [2.24, 2.45) is 0 Å². The Kier molecular flexibility index (Phi) is 7.63. The molecule has 0 rings (SSSR count). The molecule has 0 atom stereocenters. The molecular weight excluding hydrogens is 216 g/mol. The van der Waals surface area contributed by atoms with Gasteiger partial charge < -0.3 is 0 Å². The number of hydrogen-bond acceptors (Lipinski definition) is 0. The zero-order chi connectivity index (χ0) is 14.0. The van der Waals surface area contributed by atoms with E-state index in [1.165, 1.54) is 0 Å². The molecule has 0 saturated heterocycles. The first kappa shape index (κ1) is 15.7. The van der Waals surface area contributed by atoms with Gasteiger partial charge in [-0.15, -0.1) is 0 Å². The normalized spacial score (nSPS) is 10.9. The fourth-order valence-corrected chi connectivity index (χ4v) is 0.998. The van der Waals surface area contributed by atoms with Crippen LogP contribution in [-0.2, 0) is 0 Å². The number of rotatable bonds is 8. The molecule has 0 aliphatic rings. The van der Waals surface area contributed by atoms with Crippen molar-refractivity contribution in [1.82, 2.24) is 0 Å².